The second-order valence-corrected chi connectivity index (χ2v) is 6.65. The number of hydrogen-bond donors (Lipinski definition) is 1. The Morgan fingerprint density at radius 2 is 1.93 bits per heavy atom. The second kappa shape index (κ2) is 8.33. The van der Waals surface area contributed by atoms with E-state index in [9.17, 15) is 9.59 Å². The molecule has 0 atom stereocenters. The molecule has 1 N–H and O–H groups in total. The first-order valence-corrected chi connectivity index (χ1v) is 9.18. The number of para-hydroxylation sites is 1. The van der Waals surface area contributed by atoms with Crippen molar-refractivity contribution in [3.8, 4) is 5.75 Å². The fourth-order valence-electron chi connectivity index (χ4n) is 2.60. The zero-order chi connectivity index (χ0) is 19.4. The van der Waals surface area contributed by atoms with Gasteiger partial charge in [0, 0.05) is 10.6 Å². The number of nitrogens with one attached hydrogen (secondary N) is 1. The van der Waals surface area contributed by atoms with Gasteiger partial charge in [-0.05, 0) is 55.0 Å². The Balaban J connectivity index is 2.02. The number of halogens is 1. The van der Waals surface area contributed by atoms with Gasteiger partial charge in [-0.3, -0.25) is 19.8 Å². The van der Waals surface area contributed by atoms with Crippen LogP contribution in [0.15, 0.2) is 54.1 Å². The molecule has 1 heterocycles. The van der Waals surface area contributed by atoms with E-state index in [1.54, 1.807) is 42.5 Å². The summed E-state index contributed by atoms with van der Waals surface area (Å²) in [6, 6.07) is 14.0. The van der Waals surface area contributed by atoms with Crippen molar-refractivity contribution < 1.29 is 14.3 Å². The maximum Gasteiger partial charge on any atom is 0.270 e. The summed E-state index contributed by atoms with van der Waals surface area (Å²) in [5.74, 6) is -0.510. The molecule has 1 saturated heterocycles. The molecule has 0 bridgehead atoms. The molecular weight excluding hydrogens is 384 g/mol. The summed E-state index contributed by atoms with van der Waals surface area (Å²) >= 11 is 11.3. The summed E-state index contributed by atoms with van der Waals surface area (Å²) in [5.41, 5.74) is 1.08. The van der Waals surface area contributed by atoms with Crippen LogP contribution >= 0.6 is 23.8 Å². The zero-order valence-electron chi connectivity index (χ0n) is 14.6. The van der Waals surface area contributed by atoms with Crippen LogP contribution in [0.25, 0.3) is 6.08 Å². The number of rotatable bonds is 5. The Labute approximate surface area is 167 Å². The Kier molecular flexibility index (Phi) is 5.88. The van der Waals surface area contributed by atoms with Gasteiger partial charge in [-0.15, -0.1) is 0 Å². The van der Waals surface area contributed by atoms with Crippen molar-refractivity contribution in [1.29, 1.82) is 0 Å². The number of carbonyl (C=O) groups is 2. The number of benzene rings is 2. The highest BCUT2D eigenvalue weighted by atomic mass is 35.5. The van der Waals surface area contributed by atoms with Crippen molar-refractivity contribution in [3.05, 3.63) is 64.7 Å². The highest BCUT2D eigenvalue weighted by Gasteiger charge is 2.34. The molecule has 0 radical (unpaired) electrons. The minimum atomic E-state index is -0.557. The standard InChI is InChI=1S/C20H17ClN2O3S/c1-2-10-26-17-9-8-14(21)11-13(17)12-16-18(24)22-20(27)23(19(16)25)15-6-4-3-5-7-15/h3-9,11-12H,2,10H2,1H3,(H,22,24,27)/b16-12-. The molecule has 1 aliphatic rings. The van der Waals surface area contributed by atoms with Crippen LogP contribution in [-0.4, -0.2) is 23.5 Å². The van der Waals surface area contributed by atoms with Crippen molar-refractivity contribution in [1.82, 2.24) is 5.32 Å². The van der Waals surface area contributed by atoms with Crippen LogP contribution < -0.4 is 15.0 Å². The average molecular weight is 401 g/mol. The van der Waals surface area contributed by atoms with Crippen molar-refractivity contribution in [2.24, 2.45) is 0 Å². The molecule has 0 unspecified atom stereocenters. The third-order valence-corrected chi connectivity index (χ3v) is 4.37. The van der Waals surface area contributed by atoms with E-state index in [-0.39, 0.29) is 10.7 Å². The van der Waals surface area contributed by atoms with Crippen LogP contribution in [0.1, 0.15) is 18.9 Å². The first-order valence-electron chi connectivity index (χ1n) is 8.40. The van der Waals surface area contributed by atoms with E-state index in [1.807, 2.05) is 13.0 Å². The molecule has 27 heavy (non-hydrogen) atoms. The third kappa shape index (κ3) is 4.18. The lowest BCUT2D eigenvalue weighted by molar-refractivity contribution is -0.122. The summed E-state index contributed by atoms with van der Waals surface area (Å²) in [7, 11) is 0. The summed E-state index contributed by atoms with van der Waals surface area (Å²) in [6.45, 7) is 2.50. The van der Waals surface area contributed by atoms with E-state index in [1.165, 1.54) is 11.0 Å². The van der Waals surface area contributed by atoms with Crippen LogP contribution in [0.2, 0.25) is 5.02 Å². The number of anilines is 1. The first-order chi connectivity index (χ1) is 13.0. The lowest BCUT2D eigenvalue weighted by atomic mass is 10.1. The molecule has 3 rings (SSSR count). The normalized spacial score (nSPS) is 15.9. The average Bonchev–Trinajstić information content (AvgIpc) is 2.65. The summed E-state index contributed by atoms with van der Waals surface area (Å²) in [6.07, 6.45) is 2.31. The van der Waals surface area contributed by atoms with Gasteiger partial charge in [0.1, 0.15) is 11.3 Å². The van der Waals surface area contributed by atoms with Crippen LogP contribution in [0, 0.1) is 0 Å². The lowest BCUT2D eigenvalue weighted by Gasteiger charge is -2.29. The first kappa shape index (κ1) is 19.1. The monoisotopic (exact) mass is 400 g/mol. The number of amides is 2. The molecule has 0 aliphatic carbocycles. The maximum absolute atomic E-state index is 13.0. The molecule has 7 heteroatoms. The molecule has 2 aromatic carbocycles. The molecule has 0 aromatic heterocycles. The topological polar surface area (TPSA) is 58.6 Å². The quantitative estimate of drug-likeness (QED) is 0.469. The molecule has 0 spiro atoms. The van der Waals surface area contributed by atoms with E-state index in [2.05, 4.69) is 5.32 Å². The van der Waals surface area contributed by atoms with E-state index < -0.39 is 11.8 Å². The van der Waals surface area contributed by atoms with Crippen molar-refractivity contribution in [2.75, 3.05) is 11.5 Å². The second-order valence-electron chi connectivity index (χ2n) is 5.82. The molecule has 138 valence electrons. The predicted molar refractivity (Wildman–Crippen MR) is 110 cm³/mol. The van der Waals surface area contributed by atoms with Crippen LogP contribution in [0.3, 0.4) is 0 Å². The van der Waals surface area contributed by atoms with Crippen molar-refractivity contribution in [3.63, 3.8) is 0 Å². The van der Waals surface area contributed by atoms with Gasteiger partial charge < -0.3 is 4.74 Å². The number of ether oxygens (including phenoxy) is 1. The summed E-state index contributed by atoms with van der Waals surface area (Å²) in [5, 5.41) is 3.08. The van der Waals surface area contributed by atoms with Gasteiger partial charge in [0.25, 0.3) is 11.8 Å². The Hall–Kier alpha value is -2.70. The van der Waals surface area contributed by atoms with Gasteiger partial charge in [-0.25, -0.2) is 0 Å². The summed E-state index contributed by atoms with van der Waals surface area (Å²) in [4.78, 5) is 26.7. The van der Waals surface area contributed by atoms with Gasteiger partial charge >= 0.3 is 0 Å². The van der Waals surface area contributed by atoms with Crippen LogP contribution in [-0.2, 0) is 9.59 Å². The zero-order valence-corrected chi connectivity index (χ0v) is 16.1. The van der Waals surface area contributed by atoms with Gasteiger partial charge in [-0.2, -0.15) is 0 Å². The Morgan fingerprint density at radius 3 is 2.63 bits per heavy atom. The minimum Gasteiger partial charge on any atom is -0.493 e. The molecular formula is C20H17ClN2O3S. The van der Waals surface area contributed by atoms with Crippen LogP contribution in [0.5, 0.6) is 5.75 Å². The smallest absolute Gasteiger partial charge is 0.270 e. The Morgan fingerprint density at radius 1 is 1.19 bits per heavy atom. The lowest BCUT2D eigenvalue weighted by Crippen LogP contribution is -2.54. The molecule has 5 nitrogen and oxygen atoms in total. The van der Waals surface area contributed by atoms with E-state index in [0.717, 1.165) is 6.42 Å². The van der Waals surface area contributed by atoms with Gasteiger partial charge in [0.05, 0.1) is 12.3 Å². The third-order valence-electron chi connectivity index (χ3n) is 3.85. The van der Waals surface area contributed by atoms with E-state index >= 15 is 0 Å². The molecule has 1 fully saturated rings. The fourth-order valence-corrected chi connectivity index (χ4v) is 3.06. The van der Waals surface area contributed by atoms with Crippen molar-refractivity contribution in [2.45, 2.75) is 13.3 Å². The number of carbonyl (C=O) groups excluding carboxylic acids is 2. The minimum absolute atomic E-state index is 0.0434. The molecule has 0 saturated carbocycles. The van der Waals surface area contributed by atoms with Crippen molar-refractivity contribution >= 4 is 52.5 Å². The highest BCUT2D eigenvalue weighted by Crippen LogP contribution is 2.28. The van der Waals surface area contributed by atoms with Gasteiger partial charge in [0.15, 0.2) is 5.11 Å². The molecule has 2 amide bonds. The maximum atomic E-state index is 13.0. The Bertz CT molecular complexity index is 928. The van der Waals surface area contributed by atoms with Gasteiger partial charge in [-0.1, -0.05) is 36.7 Å². The van der Waals surface area contributed by atoms with E-state index in [0.29, 0.717) is 28.6 Å². The van der Waals surface area contributed by atoms with E-state index in [4.69, 9.17) is 28.6 Å². The largest absolute Gasteiger partial charge is 0.493 e. The fraction of sp³-hybridized carbons (Fsp3) is 0.150. The highest BCUT2D eigenvalue weighted by molar-refractivity contribution is 7.80. The summed E-state index contributed by atoms with van der Waals surface area (Å²) < 4.78 is 5.70. The van der Waals surface area contributed by atoms with Crippen LogP contribution in [0.4, 0.5) is 5.69 Å². The van der Waals surface area contributed by atoms with Gasteiger partial charge in [0.2, 0.25) is 0 Å². The predicted octanol–water partition coefficient (Wildman–Crippen LogP) is 3.96. The SMILES string of the molecule is CCCOc1ccc(Cl)cc1/C=C1/C(=O)NC(=S)N(c2ccccc2)C1=O. The molecule has 2 aromatic rings. The molecule has 1 aliphatic heterocycles. The number of nitrogens with zero attached hydrogens (tertiary/aromatic N) is 1. The number of thiocarbonyl (C=S) groups is 1. The number of hydrogen-bond acceptors (Lipinski definition) is 4.